The molecule has 1 aromatic carbocycles. The summed E-state index contributed by atoms with van der Waals surface area (Å²) in [5.74, 6) is -1.93. The fraction of sp³-hybridized carbons (Fsp3) is 0.263. The summed E-state index contributed by atoms with van der Waals surface area (Å²) < 4.78 is 67.5. The Morgan fingerprint density at radius 2 is 2.06 bits per heavy atom. The van der Waals surface area contributed by atoms with E-state index in [0.29, 0.717) is 11.8 Å². The number of nitrogens with zero attached hydrogens (tertiary/aromatic N) is 4. The van der Waals surface area contributed by atoms with Crippen molar-refractivity contribution in [2.24, 2.45) is 0 Å². The van der Waals surface area contributed by atoms with Gasteiger partial charge >= 0.3 is 18.2 Å². The van der Waals surface area contributed by atoms with Crippen molar-refractivity contribution >= 4 is 5.82 Å². The molecule has 2 aromatic heterocycles. The van der Waals surface area contributed by atoms with E-state index in [1.165, 1.54) is 16.8 Å². The van der Waals surface area contributed by atoms with Crippen LogP contribution in [0.5, 0.6) is 11.8 Å². The van der Waals surface area contributed by atoms with Gasteiger partial charge < -0.3 is 24.3 Å². The van der Waals surface area contributed by atoms with Crippen LogP contribution in [0.4, 0.5) is 23.4 Å². The van der Waals surface area contributed by atoms with Crippen LogP contribution in [0.15, 0.2) is 42.6 Å². The zero-order valence-corrected chi connectivity index (χ0v) is 16.1. The maximum atomic E-state index is 14.3. The van der Waals surface area contributed by atoms with E-state index < -0.39 is 29.0 Å². The highest BCUT2D eigenvalue weighted by Crippen LogP contribution is 2.29. The fourth-order valence-electron chi connectivity index (χ4n) is 3.07. The quantitative estimate of drug-likeness (QED) is 0.317. The Balaban J connectivity index is 1.42. The molecule has 0 spiro atoms. The summed E-state index contributed by atoms with van der Waals surface area (Å²) in [5.41, 5.74) is 0.646. The second-order valence-electron chi connectivity index (χ2n) is 6.74. The minimum absolute atomic E-state index is 0.00209. The number of halogens is 4. The highest BCUT2D eigenvalue weighted by atomic mass is 19.4. The maximum absolute atomic E-state index is 14.3. The van der Waals surface area contributed by atoms with E-state index in [1.807, 2.05) is 0 Å². The maximum Gasteiger partial charge on any atom is 0.573 e. The smallest absolute Gasteiger partial charge is 0.443 e. The Bertz CT molecular complexity index is 1150. The Hall–Kier alpha value is -3.74. The van der Waals surface area contributed by atoms with Gasteiger partial charge in [-0.15, -0.1) is 13.2 Å². The first kappa shape index (κ1) is 21.5. The van der Waals surface area contributed by atoms with Crippen LogP contribution in [0.3, 0.4) is 0 Å². The standard InChI is InChI=1S/C19H14F4N4O5/c20-15-6-12(32-19(21,22)23)4-5-14(15)16-3-1-2-11(24-16)9-30-13-7-26-8-17(27(28)29)25-18(26)31-10-13/h1-6,8,13H,7,9-10H2/t13-/m1/s1. The molecule has 13 heteroatoms. The molecular formula is C19H14F4N4O5. The number of hydrogen-bond donors (Lipinski definition) is 0. The van der Waals surface area contributed by atoms with Gasteiger partial charge in [0.2, 0.25) is 0 Å². The Morgan fingerprint density at radius 3 is 2.78 bits per heavy atom. The summed E-state index contributed by atoms with van der Waals surface area (Å²) in [7, 11) is 0. The second kappa shape index (κ2) is 8.42. The van der Waals surface area contributed by atoms with Gasteiger partial charge in [-0.1, -0.05) is 6.07 Å². The Kier molecular flexibility index (Phi) is 5.65. The summed E-state index contributed by atoms with van der Waals surface area (Å²) in [6.45, 7) is 0.444. The van der Waals surface area contributed by atoms with Crippen molar-refractivity contribution in [3.8, 4) is 23.0 Å². The predicted molar refractivity (Wildman–Crippen MR) is 99.3 cm³/mol. The van der Waals surface area contributed by atoms with Gasteiger partial charge in [0.25, 0.3) is 0 Å². The van der Waals surface area contributed by atoms with Crippen molar-refractivity contribution < 1.29 is 36.7 Å². The van der Waals surface area contributed by atoms with Gasteiger partial charge in [0, 0.05) is 16.6 Å². The van der Waals surface area contributed by atoms with Crippen LogP contribution >= 0.6 is 0 Å². The van der Waals surface area contributed by atoms with Crippen LogP contribution in [0.25, 0.3) is 11.3 Å². The van der Waals surface area contributed by atoms with E-state index in [1.54, 1.807) is 12.1 Å². The average Bonchev–Trinajstić information content (AvgIpc) is 3.15. The highest BCUT2D eigenvalue weighted by Gasteiger charge is 2.31. The lowest BCUT2D eigenvalue weighted by Gasteiger charge is -2.22. The van der Waals surface area contributed by atoms with Gasteiger partial charge in [-0.2, -0.15) is 0 Å². The zero-order valence-electron chi connectivity index (χ0n) is 16.1. The molecule has 0 N–H and O–H groups in total. The van der Waals surface area contributed by atoms with Crippen LogP contribution in [0, 0.1) is 15.9 Å². The lowest BCUT2D eigenvalue weighted by atomic mass is 10.1. The van der Waals surface area contributed by atoms with Crippen molar-refractivity contribution in [2.75, 3.05) is 6.61 Å². The number of alkyl halides is 3. The Labute approximate surface area is 177 Å². The van der Waals surface area contributed by atoms with Gasteiger partial charge in [0.1, 0.15) is 30.5 Å². The molecule has 3 aromatic rings. The molecule has 0 bridgehead atoms. The first-order valence-corrected chi connectivity index (χ1v) is 9.15. The molecule has 0 amide bonds. The summed E-state index contributed by atoms with van der Waals surface area (Å²) >= 11 is 0. The average molecular weight is 454 g/mol. The molecule has 1 aliphatic heterocycles. The van der Waals surface area contributed by atoms with E-state index in [-0.39, 0.29) is 42.8 Å². The molecule has 1 atom stereocenters. The van der Waals surface area contributed by atoms with Crippen molar-refractivity contribution in [3.05, 3.63) is 64.2 Å². The summed E-state index contributed by atoms with van der Waals surface area (Å²) in [6, 6.07) is 7.66. The largest absolute Gasteiger partial charge is 0.573 e. The molecule has 0 unspecified atom stereocenters. The predicted octanol–water partition coefficient (Wildman–Crippen LogP) is 3.87. The molecule has 9 nitrogen and oxygen atoms in total. The number of imidazole rings is 1. The molecule has 0 aliphatic carbocycles. The molecule has 0 saturated heterocycles. The second-order valence-corrected chi connectivity index (χ2v) is 6.74. The number of fused-ring (bicyclic) bond motifs is 1. The van der Waals surface area contributed by atoms with Crippen LogP contribution in [0.1, 0.15) is 5.69 Å². The number of nitro groups is 1. The van der Waals surface area contributed by atoms with Crippen LogP contribution in [-0.2, 0) is 17.9 Å². The number of rotatable bonds is 6. The highest BCUT2D eigenvalue weighted by molar-refractivity contribution is 5.61. The molecule has 0 saturated carbocycles. The molecular weight excluding hydrogens is 440 g/mol. The molecule has 0 radical (unpaired) electrons. The first-order valence-electron chi connectivity index (χ1n) is 9.15. The fourth-order valence-corrected chi connectivity index (χ4v) is 3.07. The van der Waals surface area contributed by atoms with E-state index >= 15 is 0 Å². The SMILES string of the molecule is O=[N+]([O-])c1cn2c(n1)OC[C@H](OCc1cccc(-c3ccc(OC(F)(F)F)cc3F)n1)C2. The van der Waals surface area contributed by atoms with Gasteiger partial charge in [-0.25, -0.2) is 4.39 Å². The molecule has 0 fully saturated rings. The summed E-state index contributed by atoms with van der Waals surface area (Å²) in [5, 5.41) is 10.8. The van der Waals surface area contributed by atoms with Crippen molar-refractivity contribution in [1.82, 2.24) is 14.5 Å². The monoisotopic (exact) mass is 454 g/mol. The Morgan fingerprint density at radius 1 is 1.25 bits per heavy atom. The van der Waals surface area contributed by atoms with Gasteiger partial charge in [0.05, 0.1) is 24.5 Å². The van der Waals surface area contributed by atoms with Crippen LogP contribution in [0.2, 0.25) is 0 Å². The number of aromatic nitrogens is 3. The van der Waals surface area contributed by atoms with E-state index in [9.17, 15) is 27.7 Å². The third-order valence-corrected chi connectivity index (χ3v) is 4.44. The molecule has 4 rings (SSSR count). The first-order chi connectivity index (χ1) is 15.2. The van der Waals surface area contributed by atoms with Crippen LogP contribution in [-0.4, -0.2) is 38.5 Å². The third kappa shape index (κ3) is 4.94. The number of pyridine rings is 1. The van der Waals surface area contributed by atoms with E-state index in [2.05, 4.69) is 14.7 Å². The van der Waals surface area contributed by atoms with E-state index in [4.69, 9.17) is 9.47 Å². The number of ether oxygens (including phenoxy) is 3. The molecule has 32 heavy (non-hydrogen) atoms. The third-order valence-electron chi connectivity index (χ3n) is 4.44. The lowest BCUT2D eigenvalue weighted by molar-refractivity contribution is -0.389. The topological polar surface area (TPSA) is 102 Å². The zero-order chi connectivity index (χ0) is 22.9. The number of hydrogen-bond acceptors (Lipinski definition) is 7. The summed E-state index contributed by atoms with van der Waals surface area (Å²) in [4.78, 5) is 18.2. The van der Waals surface area contributed by atoms with Crippen molar-refractivity contribution in [1.29, 1.82) is 0 Å². The van der Waals surface area contributed by atoms with Gasteiger partial charge in [0.15, 0.2) is 0 Å². The lowest BCUT2D eigenvalue weighted by Crippen LogP contribution is -2.32. The van der Waals surface area contributed by atoms with Crippen molar-refractivity contribution in [2.45, 2.75) is 25.6 Å². The summed E-state index contributed by atoms with van der Waals surface area (Å²) in [6.07, 6.45) is -4.11. The van der Waals surface area contributed by atoms with Gasteiger partial charge in [-0.3, -0.25) is 9.55 Å². The molecule has 168 valence electrons. The molecule has 3 heterocycles. The molecule has 1 aliphatic rings. The minimum Gasteiger partial charge on any atom is -0.443 e. The normalized spacial score (nSPS) is 15.7. The minimum atomic E-state index is -4.92. The van der Waals surface area contributed by atoms with Gasteiger partial charge in [-0.05, 0) is 29.2 Å². The van der Waals surface area contributed by atoms with Crippen LogP contribution < -0.4 is 9.47 Å². The van der Waals surface area contributed by atoms with E-state index in [0.717, 1.165) is 12.1 Å². The van der Waals surface area contributed by atoms with Crippen molar-refractivity contribution in [3.63, 3.8) is 0 Å². The number of benzene rings is 1.